The normalized spacial score (nSPS) is 46.5. The van der Waals surface area contributed by atoms with Gasteiger partial charge in [-0.3, -0.25) is 9.69 Å². The summed E-state index contributed by atoms with van der Waals surface area (Å²) in [5.41, 5.74) is -6.58. The number of likely N-dealkylation sites (N-methyl/N-ethyl adjacent to an activating group) is 1. The Labute approximate surface area is 370 Å². The van der Waals surface area contributed by atoms with E-state index in [-0.39, 0.29) is 64.5 Å². The minimum atomic E-state index is -4.71. The Hall–Kier alpha value is -1.34. The maximum absolute atomic E-state index is 14.4. The third kappa shape index (κ3) is 12.2. The van der Waals surface area contributed by atoms with Crippen LogP contribution in [0.3, 0.4) is 0 Å². The molecule has 4 aliphatic heterocycles. The standard InChI is InChI=1S/C43H78F3N3O14/c1-13-30-41(10,54)34(51)27(6)48-21-23(2)19-39(8,53)35(63-37-33-29(18-24(3)58-37)49(11)38(62-33)43(44,45)46)25(4)32(26(5)36(52)60-30)61-31-20-40(9,56-12)42(55,28(7)59-31)22-47-14-16-57-17-15-50/h23-35,37-38,47-48,50-51,53-55H,13-22H2,1-12H3/t23-,24-,25+,26-,27-,28+,29+,30-,31+,32+,33-,34-,35-,37+,38?,39-,40-,41-,42+/m1/s1. The van der Waals surface area contributed by atoms with Gasteiger partial charge in [-0.15, -0.1) is 0 Å². The van der Waals surface area contributed by atoms with E-state index in [2.05, 4.69) is 10.6 Å². The molecule has 20 heteroatoms. The molecule has 19 atom stereocenters. The summed E-state index contributed by atoms with van der Waals surface area (Å²) in [5.74, 6) is -3.27. The van der Waals surface area contributed by atoms with Crippen molar-refractivity contribution in [2.45, 2.75) is 197 Å². The van der Waals surface area contributed by atoms with Crippen molar-refractivity contribution in [3.05, 3.63) is 0 Å². The lowest BCUT2D eigenvalue weighted by molar-refractivity contribution is -0.336. The van der Waals surface area contributed by atoms with Crippen molar-refractivity contribution in [1.82, 2.24) is 15.5 Å². The second-order valence-corrected chi connectivity index (χ2v) is 19.2. The Kier molecular flexibility index (Phi) is 18.7. The highest BCUT2D eigenvalue weighted by molar-refractivity contribution is 5.73. The largest absolute Gasteiger partial charge is 0.459 e. The Bertz CT molecular complexity index is 1450. The lowest BCUT2D eigenvalue weighted by Gasteiger charge is -2.53. The first-order valence-corrected chi connectivity index (χ1v) is 22.5. The second-order valence-electron chi connectivity index (χ2n) is 19.2. The highest BCUT2D eigenvalue weighted by Crippen LogP contribution is 2.45. The zero-order valence-electron chi connectivity index (χ0n) is 39.2. The van der Waals surface area contributed by atoms with E-state index in [9.17, 15) is 38.4 Å². The van der Waals surface area contributed by atoms with Gasteiger partial charge in [0.2, 0.25) is 6.23 Å². The van der Waals surface area contributed by atoms with Gasteiger partial charge in [0.05, 0.1) is 55.8 Å². The Balaban J connectivity index is 1.78. The van der Waals surface area contributed by atoms with Crippen LogP contribution in [0.2, 0.25) is 0 Å². The third-order valence-electron chi connectivity index (χ3n) is 14.0. The smallest absolute Gasteiger partial charge is 0.428 e. The van der Waals surface area contributed by atoms with Gasteiger partial charge in [-0.1, -0.05) is 20.8 Å². The molecule has 0 aliphatic carbocycles. The number of aliphatic hydroxyl groups excluding tert-OH is 2. The predicted octanol–water partition coefficient (Wildman–Crippen LogP) is 1.82. The maximum Gasteiger partial charge on any atom is 0.428 e. The summed E-state index contributed by atoms with van der Waals surface area (Å²) in [4.78, 5) is 15.5. The first-order chi connectivity index (χ1) is 29.2. The monoisotopic (exact) mass is 918 g/mol. The summed E-state index contributed by atoms with van der Waals surface area (Å²) < 4.78 is 91.9. The van der Waals surface area contributed by atoms with Gasteiger partial charge in [-0.05, 0) is 87.2 Å². The van der Waals surface area contributed by atoms with E-state index in [1.165, 1.54) is 21.1 Å². The van der Waals surface area contributed by atoms with Crippen molar-refractivity contribution in [3.8, 4) is 0 Å². The Morgan fingerprint density at radius 1 is 0.984 bits per heavy atom. The molecule has 0 bridgehead atoms. The molecule has 0 saturated carbocycles. The van der Waals surface area contributed by atoms with Crippen LogP contribution in [-0.2, 0) is 42.7 Å². The molecular formula is C43H78F3N3O14. The number of hydrogen-bond acceptors (Lipinski definition) is 17. The van der Waals surface area contributed by atoms with Crippen LogP contribution in [0.1, 0.15) is 94.9 Å². The SMILES string of the molecule is CC[C@H]1OC(=O)[C@H](C)[C@@H](O[C@H]2C[C@@](C)(OC)[C@](O)(CNCCOCCO)[C@H](C)O2)[C@H](C)[C@@H](O[C@@H]2O[C@H](C)C[C@H]3[C@H]2OC(C(F)(F)F)N3C)[C@](C)(O)C[C@@H](C)CN[C@H](C)[C@@H](O)[C@]1(C)O. The van der Waals surface area contributed by atoms with Gasteiger partial charge in [0, 0.05) is 44.6 Å². The van der Waals surface area contributed by atoms with Crippen LogP contribution >= 0.6 is 0 Å². The highest BCUT2D eigenvalue weighted by Gasteiger charge is 2.60. The Morgan fingerprint density at radius 3 is 2.25 bits per heavy atom. The van der Waals surface area contributed by atoms with Crippen LogP contribution in [-0.4, -0.2) is 192 Å². The lowest BCUT2D eigenvalue weighted by Crippen LogP contribution is -2.70. The molecule has 63 heavy (non-hydrogen) atoms. The van der Waals surface area contributed by atoms with Gasteiger partial charge in [-0.25, -0.2) is 0 Å². The molecule has 4 fully saturated rings. The van der Waals surface area contributed by atoms with Crippen LogP contribution in [0.4, 0.5) is 13.2 Å². The molecule has 4 aliphatic rings. The number of aliphatic hydroxyl groups is 5. The topological polar surface area (TPSA) is 219 Å². The fourth-order valence-corrected chi connectivity index (χ4v) is 10.1. The van der Waals surface area contributed by atoms with Crippen molar-refractivity contribution in [1.29, 1.82) is 0 Å². The van der Waals surface area contributed by atoms with E-state index in [0.717, 1.165) is 4.90 Å². The predicted molar refractivity (Wildman–Crippen MR) is 222 cm³/mol. The van der Waals surface area contributed by atoms with Crippen molar-refractivity contribution < 1.29 is 81.4 Å². The molecule has 0 aromatic rings. The van der Waals surface area contributed by atoms with Crippen molar-refractivity contribution >= 4 is 5.97 Å². The van der Waals surface area contributed by atoms with E-state index in [1.807, 2.05) is 6.92 Å². The maximum atomic E-state index is 14.4. The van der Waals surface area contributed by atoms with E-state index in [1.54, 1.807) is 55.4 Å². The van der Waals surface area contributed by atoms with E-state index in [0.29, 0.717) is 6.54 Å². The first-order valence-electron chi connectivity index (χ1n) is 22.5. The number of esters is 1. The summed E-state index contributed by atoms with van der Waals surface area (Å²) in [6.45, 7) is 17.5. The van der Waals surface area contributed by atoms with E-state index in [4.69, 9.17) is 43.0 Å². The average molecular weight is 918 g/mol. The number of ether oxygens (including phenoxy) is 8. The average Bonchev–Trinajstić information content (AvgIpc) is 3.55. The van der Waals surface area contributed by atoms with Crippen molar-refractivity contribution in [2.24, 2.45) is 17.8 Å². The molecular weight excluding hydrogens is 839 g/mol. The molecule has 0 aromatic carbocycles. The van der Waals surface area contributed by atoms with Crippen molar-refractivity contribution in [3.63, 3.8) is 0 Å². The number of methoxy groups -OCH3 is 1. The minimum Gasteiger partial charge on any atom is -0.459 e. The number of nitrogens with one attached hydrogen (secondary N) is 2. The number of alkyl halides is 3. The summed E-state index contributed by atoms with van der Waals surface area (Å²) >= 11 is 0. The zero-order chi connectivity index (χ0) is 47.5. The zero-order valence-corrected chi connectivity index (χ0v) is 39.2. The molecule has 7 N–H and O–H groups in total. The number of rotatable bonds is 13. The van der Waals surface area contributed by atoms with Crippen LogP contribution in [0.5, 0.6) is 0 Å². The molecule has 370 valence electrons. The number of cyclic esters (lactones) is 1. The number of carbonyl (C=O) groups is 1. The minimum absolute atomic E-state index is 0.0271. The quantitative estimate of drug-likeness (QED) is 0.104. The molecule has 0 amide bonds. The van der Waals surface area contributed by atoms with E-state index >= 15 is 0 Å². The molecule has 4 heterocycles. The van der Waals surface area contributed by atoms with Crippen LogP contribution in [0.25, 0.3) is 0 Å². The van der Waals surface area contributed by atoms with Gasteiger partial charge in [0.1, 0.15) is 35.1 Å². The fraction of sp³-hybridized carbons (Fsp3) is 0.977. The summed E-state index contributed by atoms with van der Waals surface area (Å²) in [5, 5.41) is 63.3. The molecule has 17 nitrogen and oxygen atoms in total. The van der Waals surface area contributed by atoms with Gasteiger partial charge >= 0.3 is 12.1 Å². The van der Waals surface area contributed by atoms with Crippen LogP contribution < -0.4 is 10.6 Å². The van der Waals surface area contributed by atoms with Crippen LogP contribution in [0, 0.1) is 17.8 Å². The third-order valence-corrected chi connectivity index (χ3v) is 14.0. The van der Waals surface area contributed by atoms with Gasteiger partial charge < -0.3 is 74.1 Å². The molecule has 0 radical (unpaired) electrons. The molecule has 1 unspecified atom stereocenters. The van der Waals surface area contributed by atoms with Gasteiger partial charge in [0.15, 0.2) is 12.6 Å². The number of halogens is 3. The second kappa shape index (κ2) is 21.7. The number of fused-ring (bicyclic) bond motifs is 1. The van der Waals surface area contributed by atoms with E-state index < -0.39 is 120 Å². The summed E-state index contributed by atoms with van der Waals surface area (Å²) in [6.07, 6.45) is -16.9. The molecule has 4 rings (SSSR count). The summed E-state index contributed by atoms with van der Waals surface area (Å²) in [7, 11) is 2.79. The first kappa shape index (κ1) is 54.3. The molecule has 0 spiro atoms. The highest BCUT2D eigenvalue weighted by atomic mass is 19.4. The van der Waals surface area contributed by atoms with Gasteiger partial charge in [-0.2, -0.15) is 13.2 Å². The molecule has 4 saturated heterocycles. The Morgan fingerprint density at radius 2 is 1.65 bits per heavy atom. The fourth-order valence-electron chi connectivity index (χ4n) is 10.1. The number of nitrogens with zero attached hydrogens (tertiary/aromatic N) is 1. The number of hydrogen-bond donors (Lipinski definition) is 7. The molecule has 0 aromatic heterocycles. The van der Waals surface area contributed by atoms with Crippen molar-refractivity contribution in [2.75, 3.05) is 53.6 Å². The lowest BCUT2D eigenvalue weighted by atomic mass is 9.75. The van der Waals surface area contributed by atoms with Gasteiger partial charge in [0.25, 0.3) is 0 Å². The van der Waals surface area contributed by atoms with Crippen LogP contribution in [0.15, 0.2) is 0 Å². The number of carbonyl (C=O) groups excluding carboxylic acids is 1. The summed E-state index contributed by atoms with van der Waals surface area (Å²) in [6, 6.07) is -1.43.